The van der Waals surface area contributed by atoms with Crippen molar-refractivity contribution in [2.24, 2.45) is 0 Å². The summed E-state index contributed by atoms with van der Waals surface area (Å²) < 4.78 is 40.2. The van der Waals surface area contributed by atoms with Crippen LogP contribution in [0.2, 0.25) is 0 Å². The van der Waals surface area contributed by atoms with E-state index in [1.54, 1.807) is 12.1 Å². The summed E-state index contributed by atoms with van der Waals surface area (Å²) in [5, 5.41) is 9.30. The number of rotatable bonds is 2. The van der Waals surface area contributed by atoms with Crippen molar-refractivity contribution in [2.75, 3.05) is 5.73 Å². The largest absolute Gasteiger partial charge is 0.573 e. The van der Waals surface area contributed by atoms with Crippen LogP contribution in [0.1, 0.15) is 0 Å². The molecule has 0 fully saturated rings. The zero-order valence-corrected chi connectivity index (χ0v) is 9.61. The molecule has 2 rings (SSSR count). The molecule has 0 amide bonds. The Hall–Kier alpha value is -2.37. The summed E-state index contributed by atoms with van der Waals surface area (Å²) in [5.41, 5.74) is 6.78. The van der Waals surface area contributed by atoms with Gasteiger partial charge in [-0.25, -0.2) is 0 Å². The molecule has 0 aliphatic heterocycles. The number of alkyl halides is 3. The van der Waals surface area contributed by atoms with Crippen molar-refractivity contribution < 1.29 is 23.0 Å². The standard InChI is InChI=1S/C13H10F3NO2/c14-13(15,16)19-10-3-1-2-8(6-10)9-4-5-12(18)11(17)7-9/h1-7,18H,17H2. The molecule has 2 aromatic rings. The highest BCUT2D eigenvalue weighted by Gasteiger charge is 2.31. The first-order valence-corrected chi connectivity index (χ1v) is 5.30. The van der Waals surface area contributed by atoms with Gasteiger partial charge in [-0.05, 0) is 35.4 Å². The van der Waals surface area contributed by atoms with Gasteiger partial charge in [0.25, 0.3) is 0 Å². The molecule has 19 heavy (non-hydrogen) atoms. The van der Waals surface area contributed by atoms with E-state index in [-0.39, 0.29) is 17.2 Å². The molecule has 0 saturated heterocycles. The average molecular weight is 269 g/mol. The number of halogens is 3. The van der Waals surface area contributed by atoms with Crippen molar-refractivity contribution in [3.8, 4) is 22.6 Å². The third-order valence-corrected chi connectivity index (χ3v) is 2.43. The number of ether oxygens (including phenoxy) is 1. The minimum atomic E-state index is -4.73. The van der Waals surface area contributed by atoms with Gasteiger partial charge in [-0.2, -0.15) is 0 Å². The molecule has 6 heteroatoms. The lowest BCUT2D eigenvalue weighted by Gasteiger charge is -2.10. The third-order valence-electron chi connectivity index (χ3n) is 2.43. The van der Waals surface area contributed by atoms with Crippen LogP contribution >= 0.6 is 0 Å². The Bertz CT molecular complexity index is 597. The molecule has 0 unspecified atom stereocenters. The molecule has 0 saturated carbocycles. The van der Waals surface area contributed by atoms with Gasteiger partial charge in [-0.3, -0.25) is 0 Å². The second kappa shape index (κ2) is 4.72. The second-order valence-corrected chi connectivity index (χ2v) is 3.85. The molecule has 0 aromatic heterocycles. The van der Waals surface area contributed by atoms with E-state index in [0.29, 0.717) is 11.1 Å². The Morgan fingerprint density at radius 2 is 1.68 bits per heavy atom. The minimum absolute atomic E-state index is 0.0774. The van der Waals surface area contributed by atoms with E-state index in [9.17, 15) is 18.3 Å². The number of anilines is 1. The molecule has 3 N–H and O–H groups in total. The summed E-state index contributed by atoms with van der Waals surface area (Å²) in [7, 11) is 0. The Balaban J connectivity index is 2.35. The molecule has 2 aromatic carbocycles. The summed E-state index contributed by atoms with van der Waals surface area (Å²) in [4.78, 5) is 0. The smallest absolute Gasteiger partial charge is 0.506 e. The van der Waals surface area contributed by atoms with Gasteiger partial charge in [0.15, 0.2) is 0 Å². The molecule has 0 bridgehead atoms. The van der Waals surface area contributed by atoms with Crippen LogP contribution in [0, 0.1) is 0 Å². The molecule has 0 heterocycles. The molecule has 100 valence electrons. The van der Waals surface area contributed by atoms with Gasteiger partial charge < -0.3 is 15.6 Å². The van der Waals surface area contributed by atoms with Gasteiger partial charge in [0.05, 0.1) is 5.69 Å². The van der Waals surface area contributed by atoms with Crippen molar-refractivity contribution >= 4 is 5.69 Å². The maximum absolute atomic E-state index is 12.1. The first-order chi connectivity index (χ1) is 8.85. The van der Waals surface area contributed by atoms with Gasteiger partial charge >= 0.3 is 6.36 Å². The van der Waals surface area contributed by atoms with Crippen LogP contribution in [-0.4, -0.2) is 11.5 Å². The van der Waals surface area contributed by atoms with Gasteiger partial charge in [0.2, 0.25) is 0 Å². The maximum atomic E-state index is 12.1. The Morgan fingerprint density at radius 3 is 2.32 bits per heavy atom. The van der Waals surface area contributed by atoms with Gasteiger partial charge in [-0.15, -0.1) is 13.2 Å². The molecule has 3 nitrogen and oxygen atoms in total. The van der Waals surface area contributed by atoms with E-state index in [4.69, 9.17) is 5.73 Å². The highest BCUT2D eigenvalue weighted by Crippen LogP contribution is 2.31. The third kappa shape index (κ3) is 3.31. The van der Waals surface area contributed by atoms with Crippen molar-refractivity contribution in [3.63, 3.8) is 0 Å². The molecule has 0 atom stereocenters. The normalized spacial score (nSPS) is 11.3. The molecule has 0 aliphatic rings. The topological polar surface area (TPSA) is 55.5 Å². The van der Waals surface area contributed by atoms with Gasteiger partial charge in [0.1, 0.15) is 11.5 Å². The van der Waals surface area contributed by atoms with E-state index in [2.05, 4.69) is 4.74 Å². The molecule has 0 spiro atoms. The summed E-state index contributed by atoms with van der Waals surface area (Å²) in [6.45, 7) is 0. The van der Waals surface area contributed by atoms with Crippen molar-refractivity contribution in [1.82, 2.24) is 0 Å². The summed E-state index contributed by atoms with van der Waals surface area (Å²) in [6, 6.07) is 9.93. The van der Waals surface area contributed by atoms with E-state index in [1.165, 1.54) is 30.3 Å². The quantitative estimate of drug-likeness (QED) is 0.647. The van der Waals surface area contributed by atoms with Crippen LogP contribution in [0.25, 0.3) is 11.1 Å². The summed E-state index contributed by atoms with van der Waals surface area (Å²) in [5.74, 6) is -0.386. The van der Waals surface area contributed by atoms with Crippen molar-refractivity contribution in [3.05, 3.63) is 42.5 Å². The first-order valence-electron chi connectivity index (χ1n) is 5.30. The Kier molecular flexibility index (Phi) is 3.25. The lowest BCUT2D eigenvalue weighted by atomic mass is 10.0. The Labute approximate surface area is 107 Å². The molecular weight excluding hydrogens is 259 g/mol. The first kappa shape index (κ1) is 13.1. The summed E-state index contributed by atoms with van der Waals surface area (Å²) in [6.07, 6.45) is -4.73. The van der Waals surface area contributed by atoms with Crippen LogP contribution in [0.15, 0.2) is 42.5 Å². The molecule has 0 aliphatic carbocycles. The number of nitrogens with two attached hydrogens (primary N) is 1. The van der Waals surface area contributed by atoms with E-state index >= 15 is 0 Å². The average Bonchev–Trinajstić information content (AvgIpc) is 2.31. The zero-order valence-electron chi connectivity index (χ0n) is 9.61. The number of phenols is 1. The van der Waals surface area contributed by atoms with Crippen molar-refractivity contribution in [2.45, 2.75) is 6.36 Å². The second-order valence-electron chi connectivity index (χ2n) is 3.85. The summed E-state index contributed by atoms with van der Waals surface area (Å²) >= 11 is 0. The lowest BCUT2D eigenvalue weighted by Crippen LogP contribution is -2.17. The van der Waals surface area contributed by atoms with Crippen molar-refractivity contribution in [1.29, 1.82) is 0 Å². The van der Waals surface area contributed by atoms with Gasteiger partial charge in [-0.1, -0.05) is 18.2 Å². The highest BCUT2D eigenvalue weighted by atomic mass is 19.4. The van der Waals surface area contributed by atoms with Crippen LogP contribution in [0.4, 0.5) is 18.9 Å². The highest BCUT2D eigenvalue weighted by molar-refractivity contribution is 5.71. The molecule has 0 radical (unpaired) electrons. The van der Waals surface area contributed by atoms with E-state index < -0.39 is 6.36 Å². The number of hydrogen-bond acceptors (Lipinski definition) is 3. The fourth-order valence-electron chi connectivity index (χ4n) is 1.61. The van der Waals surface area contributed by atoms with E-state index in [0.717, 1.165) is 0 Å². The van der Waals surface area contributed by atoms with Crippen LogP contribution in [0.5, 0.6) is 11.5 Å². The van der Waals surface area contributed by atoms with Crippen LogP contribution in [-0.2, 0) is 0 Å². The number of hydrogen-bond donors (Lipinski definition) is 2. The minimum Gasteiger partial charge on any atom is -0.506 e. The number of aromatic hydroxyl groups is 1. The fourth-order valence-corrected chi connectivity index (χ4v) is 1.61. The predicted octanol–water partition coefficient (Wildman–Crippen LogP) is 3.54. The number of benzene rings is 2. The maximum Gasteiger partial charge on any atom is 0.573 e. The Morgan fingerprint density at radius 1 is 1.00 bits per heavy atom. The zero-order chi connectivity index (χ0) is 14.0. The lowest BCUT2D eigenvalue weighted by molar-refractivity contribution is -0.274. The monoisotopic (exact) mass is 269 g/mol. The van der Waals surface area contributed by atoms with Gasteiger partial charge in [0, 0.05) is 0 Å². The number of nitrogen functional groups attached to an aromatic ring is 1. The van der Waals surface area contributed by atoms with Crippen LogP contribution in [0.3, 0.4) is 0 Å². The number of phenolic OH excluding ortho intramolecular Hbond substituents is 1. The van der Waals surface area contributed by atoms with E-state index in [1.807, 2.05) is 0 Å². The van der Waals surface area contributed by atoms with Crippen LogP contribution < -0.4 is 10.5 Å². The predicted molar refractivity (Wildman–Crippen MR) is 64.6 cm³/mol. The molecular formula is C13H10F3NO2. The fraction of sp³-hybridized carbons (Fsp3) is 0.0769. The SMILES string of the molecule is Nc1cc(-c2cccc(OC(F)(F)F)c2)ccc1O.